The van der Waals surface area contributed by atoms with Crippen LogP contribution in [0.3, 0.4) is 0 Å². The molecular weight excluding hydrogens is 424 g/mol. The van der Waals surface area contributed by atoms with Crippen LogP contribution in [0.25, 0.3) is 0 Å². The maximum Gasteiger partial charge on any atom is 0.138 e. The summed E-state index contributed by atoms with van der Waals surface area (Å²) in [5.74, 6) is 1.84. The highest BCUT2D eigenvalue weighted by Crippen LogP contribution is 2.75. The van der Waals surface area contributed by atoms with Gasteiger partial charge in [-0.05, 0) is 99.7 Å². The lowest BCUT2D eigenvalue weighted by molar-refractivity contribution is -0.208. The Morgan fingerprint density at radius 2 is 1.50 bits per heavy atom. The van der Waals surface area contributed by atoms with Crippen molar-refractivity contribution in [2.45, 2.75) is 130 Å². The number of hydrogen-bond donors (Lipinski definition) is 1. The fourth-order valence-corrected chi connectivity index (χ4v) is 10.6. The number of fused-ring (bicyclic) bond motifs is 5. The Morgan fingerprint density at radius 3 is 2.12 bits per heavy atom. The van der Waals surface area contributed by atoms with Crippen LogP contribution in [0.5, 0.6) is 0 Å². The highest BCUT2D eigenvalue weighted by Gasteiger charge is 2.72. The lowest BCUT2D eigenvalue weighted by Crippen LogP contribution is -2.65. The molecule has 1 N–H and O–H groups in total. The summed E-state index contributed by atoms with van der Waals surface area (Å²) < 4.78 is 6.61. The van der Waals surface area contributed by atoms with Gasteiger partial charge in [-0.3, -0.25) is 9.59 Å². The van der Waals surface area contributed by atoms with Crippen LogP contribution in [0.2, 0.25) is 0 Å². The number of carbonyl (C=O) groups excluding carboxylic acids is 2. The van der Waals surface area contributed by atoms with Crippen LogP contribution in [-0.4, -0.2) is 34.0 Å². The van der Waals surface area contributed by atoms with E-state index in [0.29, 0.717) is 36.2 Å². The van der Waals surface area contributed by atoms with Gasteiger partial charge in [0.2, 0.25) is 0 Å². The van der Waals surface area contributed by atoms with E-state index < -0.39 is 5.60 Å². The average Bonchev–Trinajstić information content (AvgIpc) is 3.30. The largest absolute Gasteiger partial charge is 0.388 e. The molecule has 1 aliphatic heterocycles. The van der Waals surface area contributed by atoms with Gasteiger partial charge in [0.25, 0.3) is 0 Å². The Kier molecular flexibility index (Phi) is 5.27. The third-order valence-corrected chi connectivity index (χ3v) is 12.8. The van der Waals surface area contributed by atoms with Crippen LogP contribution in [-0.2, 0) is 14.3 Å². The highest BCUT2D eigenvalue weighted by atomic mass is 16.5. The zero-order valence-electron chi connectivity index (χ0n) is 22.9. The predicted octanol–water partition coefficient (Wildman–Crippen LogP) is 6.13. The number of rotatable bonds is 2. The summed E-state index contributed by atoms with van der Waals surface area (Å²) in [6.07, 6.45) is 8.20. The van der Waals surface area contributed by atoms with E-state index in [1.165, 1.54) is 0 Å². The van der Waals surface area contributed by atoms with Gasteiger partial charge in [-0.15, -0.1) is 0 Å². The van der Waals surface area contributed by atoms with Crippen molar-refractivity contribution in [3.8, 4) is 0 Å². The second-order valence-electron chi connectivity index (χ2n) is 15.0. The summed E-state index contributed by atoms with van der Waals surface area (Å²) in [7, 11) is 0. The number of carbonyl (C=O) groups is 2. The van der Waals surface area contributed by atoms with Gasteiger partial charge in [0, 0.05) is 24.2 Å². The van der Waals surface area contributed by atoms with Gasteiger partial charge in [0.15, 0.2) is 0 Å². The van der Waals surface area contributed by atoms with Gasteiger partial charge in [0.1, 0.15) is 11.6 Å². The lowest BCUT2D eigenvalue weighted by Gasteiger charge is -2.68. The number of Topliss-reactive ketones (excluding diaryl/α,β-unsaturated/α-hetero) is 2. The van der Waals surface area contributed by atoms with Crippen molar-refractivity contribution in [1.29, 1.82) is 0 Å². The molecule has 1 saturated heterocycles. The van der Waals surface area contributed by atoms with Crippen molar-refractivity contribution in [3.63, 3.8) is 0 Å². The van der Waals surface area contributed by atoms with Gasteiger partial charge in [0.05, 0.1) is 17.3 Å². The third-order valence-electron chi connectivity index (χ3n) is 12.8. The number of ketones is 2. The van der Waals surface area contributed by atoms with Crippen LogP contribution in [0.4, 0.5) is 0 Å². The third kappa shape index (κ3) is 3.03. The Hall–Kier alpha value is -0.740. The second kappa shape index (κ2) is 7.18. The Bertz CT molecular complexity index is 900. The first-order valence-corrected chi connectivity index (χ1v) is 14.0. The monoisotopic (exact) mass is 472 g/mol. The zero-order valence-corrected chi connectivity index (χ0v) is 22.9. The molecule has 4 aliphatic carbocycles. The molecule has 5 rings (SSSR count). The Labute approximate surface area is 207 Å². The standard InChI is InChI=1S/C30H48O4/c1-25(2)20-10-15-28(6)21(27(20,5)13-11-22(25)32)17-19(31)24-18(9-14-29(24,28)7)30(8)16-12-23(34-30)26(3,4)33/h18,20-21,23-24,33H,9-17H2,1-8H3/t18-,20-,21+,23+,24-,27-,28+,29+,30-/m0/s1. The SMILES string of the molecule is CC(C)(O)[C@H]1CC[C@@](C)([C@H]2CC[C@]3(C)[C@@H]2C(=O)C[C@@H]2[C@@]4(C)CCC(=O)C(C)(C)[C@@H]4CC[C@]23C)O1. The van der Waals surface area contributed by atoms with Gasteiger partial charge >= 0.3 is 0 Å². The van der Waals surface area contributed by atoms with Gasteiger partial charge in [-0.2, -0.15) is 0 Å². The van der Waals surface area contributed by atoms with Crippen LogP contribution in [0.1, 0.15) is 113 Å². The van der Waals surface area contributed by atoms with Gasteiger partial charge < -0.3 is 9.84 Å². The number of ether oxygens (including phenoxy) is 1. The molecule has 5 aliphatic rings. The van der Waals surface area contributed by atoms with E-state index in [0.717, 1.165) is 44.9 Å². The minimum Gasteiger partial charge on any atom is -0.388 e. The molecule has 4 nitrogen and oxygen atoms in total. The fraction of sp³-hybridized carbons (Fsp3) is 0.933. The van der Waals surface area contributed by atoms with Crippen molar-refractivity contribution in [3.05, 3.63) is 0 Å². The topological polar surface area (TPSA) is 63.6 Å². The smallest absolute Gasteiger partial charge is 0.138 e. The summed E-state index contributed by atoms with van der Waals surface area (Å²) in [4.78, 5) is 27.0. The van der Waals surface area contributed by atoms with Crippen LogP contribution in [0, 0.1) is 45.3 Å². The van der Waals surface area contributed by atoms with Crippen LogP contribution in [0.15, 0.2) is 0 Å². The summed E-state index contributed by atoms with van der Waals surface area (Å²) >= 11 is 0. The van der Waals surface area contributed by atoms with E-state index in [1.54, 1.807) is 0 Å². The first kappa shape index (κ1) is 24.9. The Balaban J connectivity index is 1.49. The molecule has 9 atom stereocenters. The maximum absolute atomic E-state index is 14.1. The molecule has 4 saturated carbocycles. The van der Waals surface area contributed by atoms with Crippen LogP contribution < -0.4 is 0 Å². The molecular formula is C30H48O4. The van der Waals surface area contributed by atoms with E-state index in [4.69, 9.17) is 4.74 Å². The van der Waals surface area contributed by atoms with Crippen molar-refractivity contribution in [1.82, 2.24) is 0 Å². The maximum atomic E-state index is 14.1. The van der Waals surface area contributed by atoms with Crippen molar-refractivity contribution in [2.24, 2.45) is 45.3 Å². The molecule has 5 fully saturated rings. The first-order chi connectivity index (χ1) is 15.5. The molecule has 0 unspecified atom stereocenters. The fourth-order valence-electron chi connectivity index (χ4n) is 10.6. The molecule has 34 heavy (non-hydrogen) atoms. The molecule has 0 amide bonds. The van der Waals surface area contributed by atoms with E-state index in [2.05, 4.69) is 41.5 Å². The molecule has 192 valence electrons. The normalized spacial score (nSPS) is 52.8. The molecule has 0 bridgehead atoms. The summed E-state index contributed by atoms with van der Waals surface area (Å²) in [5, 5.41) is 10.6. The van der Waals surface area contributed by atoms with Crippen molar-refractivity contribution < 1.29 is 19.4 Å². The van der Waals surface area contributed by atoms with Gasteiger partial charge in [-0.1, -0.05) is 34.6 Å². The van der Waals surface area contributed by atoms with E-state index >= 15 is 0 Å². The number of aliphatic hydroxyl groups is 1. The minimum absolute atomic E-state index is 0.0313. The molecule has 0 radical (unpaired) electrons. The predicted molar refractivity (Wildman–Crippen MR) is 133 cm³/mol. The highest BCUT2D eigenvalue weighted by molar-refractivity contribution is 5.86. The van der Waals surface area contributed by atoms with Crippen molar-refractivity contribution >= 4 is 11.6 Å². The molecule has 1 heterocycles. The summed E-state index contributed by atoms with van der Waals surface area (Å²) in [5.41, 5.74) is -1.36. The van der Waals surface area contributed by atoms with Gasteiger partial charge in [-0.25, -0.2) is 0 Å². The molecule has 0 aromatic carbocycles. The molecule has 4 heteroatoms. The first-order valence-electron chi connectivity index (χ1n) is 14.0. The quantitative estimate of drug-likeness (QED) is 0.525. The van der Waals surface area contributed by atoms with Crippen LogP contribution >= 0.6 is 0 Å². The lowest BCUT2D eigenvalue weighted by atomic mass is 9.35. The molecule has 0 aromatic rings. The molecule has 0 spiro atoms. The molecule has 0 aromatic heterocycles. The summed E-state index contributed by atoms with van der Waals surface area (Å²) in [6, 6.07) is 0. The van der Waals surface area contributed by atoms with E-state index in [9.17, 15) is 14.7 Å². The van der Waals surface area contributed by atoms with E-state index in [-0.39, 0.29) is 45.2 Å². The summed E-state index contributed by atoms with van der Waals surface area (Å²) in [6.45, 7) is 17.6. The van der Waals surface area contributed by atoms with E-state index in [1.807, 2.05) is 13.8 Å². The zero-order chi connectivity index (χ0) is 25.1. The Morgan fingerprint density at radius 1 is 0.853 bits per heavy atom. The second-order valence-corrected chi connectivity index (χ2v) is 15.0. The van der Waals surface area contributed by atoms with Crippen molar-refractivity contribution in [2.75, 3.05) is 0 Å². The average molecular weight is 473 g/mol. The minimum atomic E-state index is -0.856. The number of hydrogen-bond acceptors (Lipinski definition) is 4.